The quantitative estimate of drug-likeness (QED) is 0.338. The minimum Gasteiger partial charge on any atom is -0.192 e. The molecule has 0 amide bonds. The molecule has 0 atom stereocenters. The maximum Gasteiger partial charge on any atom is 0.0985 e. The molecule has 1 nitrogen and oxygen atoms in total. The molecule has 0 unspecified atom stereocenters. The van der Waals surface area contributed by atoms with E-state index in [2.05, 4.69) is 32.2 Å². The number of allylic oxidation sites excluding steroid dienone is 8. The van der Waals surface area contributed by atoms with Crippen LogP contribution >= 0.6 is 0 Å². The molecule has 0 aromatic heterocycles. The second-order valence-electron chi connectivity index (χ2n) is 4.97. The van der Waals surface area contributed by atoms with E-state index in [0.29, 0.717) is 5.57 Å². The van der Waals surface area contributed by atoms with Crippen molar-refractivity contribution in [3.05, 3.63) is 59.8 Å². The van der Waals surface area contributed by atoms with E-state index in [-0.39, 0.29) is 0 Å². The molecule has 0 heterocycles. The molecule has 0 saturated heterocycles. The Bertz CT molecular complexity index is 466. The lowest BCUT2D eigenvalue weighted by Crippen LogP contribution is -1.95. The first kappa shape index (κ1) is 15.2. The summed E-state index contributed by atoms with van der Waals surface area (Å²) in [6.07, 6.45) is 15.3. The molecule has 0 aromatic carbocycles. The Morgan fingerprint density at radius 2 is 2.05 bits per heavy atom. The van der Waals surface area contributed by atoms with Crippen molar-refractivity contribution in [1.82, 2.24) is 0 Å². The van der Waals surface area contributed by atoms with Crippen molar-refractivity contribution in [1.29, 1.82) is 5.26 Å². The van der Waals surface area contributed by atoms with Gasteiger partial charge in [-0.25, -0.2) is 0 Å². The third-order valence-electron chi connectivity index (χ3n) is 3.38. The number of hydrogen-bond acceptors (Lipinski definition) is 1. The number of nitriles is 1. The maximum absolute atomic E-state index is 8.64. The van der Waals surface area contributed by atoms with Gasteiger partial charge >= 0.3 is 0 Å². The fraction of sp³-hybridized carbons (Fsp3) is 0.389. The highest BCUT2D eigenvalue weighted by Crippen LogP contribution is 2.26. The van der Waals surface area contributed by atoms with E-state index < -0.39 is 0 Å². The van der Waals surface area contributed by atoms with Crippen molar-refractivity contribution < 1.29 is 0 Å². The molecule has 0 aromatic rings. The first-order valence-corrected chi connectivity index (χ1v) is 7.02. The summed E-state index contributed by atoms with van der Waals surface area (Å²) in [5, 5.41) is 8.64. The summed E-state index contributed by atoms with van der Waals surface area (Å²) in [6, 6.07) is 2.01. The summed E-state index contributed by atoms with van der Waals surface area (Å²) in [4.78, 5) is 0. The molecule has 0 saturated carbocycles. The highest BCUT2D eigenvalue weighted by Gasteiger charge is 2.07. The Morgan fingerprint density at radius 1 is 1.26 bits per heavy atom. The molecule has 0 radical (unpaired) electrons. The van der Waals surface area contributed by atoms with E-state index in [1.807, 2.05) is 12.1 Å². The van der Waals surface area contributed by atoms with Gasteiger partial charge in [-0.3, -0.25) is 0 Å². The van der Waals surface area contributed by atoms with Gasteiger partial charge in [0.25, 0.3) is 0 Å². The second-order valence-corrected chi connectivity index (χ2v) is 4.97. The van der Waals surface area contributed by atoms with Crippen LogP contribution in [0.15, 0.2) is 59.8 Å². The molecule has 0 aliphatic heterocycles. The largest absolute Gasteiger partial charge is 0.192 e. The summed E-state index contributed by atoms with van der Waals surface area (Å²) in [5.41, 5.74) is 4.27. The highest BCUT2D eigenvalue weighted by molar-refractivity contribution is 5.45. The zero-order valence-corrected chi connectivity index (χ0v) is 11.9. The van der Waals surface area contributed by atoms with E-state index in [0.717, 1.165) is 18.4 Å². The Morgan fingerprint density at radius 3 is 2.63 bits per heavy atom. The zero-order chi connectivity index (χ0) is 14.1. The van der Waals surface area contributed by atoms with Gasteiger partial charge in [-0.1, -0.05) is 56.7 Å². The van der Waals surface area contributed by atoms with Crippen LogP contribution in [0.25, 0.3) is 0 Å². The maximum atomic E-state index is 8.64. The van der Waals surface area contributed by atoms with Crippen molar-refractivity contribution in [2.45, 2.75) is 45.4 Å². The van der Waals surface area contributed by atoms with E-state index in [1.165, 1.54) is 31.3 Å². The van der Waals surface area contributed by atoms with E-state index >= 15 is 0 Å². The van der Waals surface area contributed by atoms with Crippen molar-refractivity contribution >= 4 is 0 Å². The number of nitrogens with zero attached hydrogens (tertiary/aromatic N) is 1. The van der Waals surface area contributed by atoms with Gasteiger partial charge in [0.1, 0.15) is 0 Å². The van der Waals surface area contributed by atoms with Crippen molar-refractivity contribution in [2.24, 2.45) is 0 Å². The molecule has 0 N–H and O–H groups in total. The summed E-state index contributed by atoms with van der Waals surface area (Å²) in [7, 11) is 0. The summed E-state index contributed by atoms with van der Waals surface area (Å²) >= 11 is 0. The third kappa shape index (κ3) is 5.57. The van der Waals surface area contributed by atoms with E-state index in [9.17, 15) is 0 Å². The predicted molar refractivity (Wildman–Crippen MR) is 82.6 cm³/mol. The standard InChI is InChI=1S/C18H23N/c1-4-5-6-7-17-10-12-18(13-11-17)16(3)9-8-15(2)14-19/h8-10,12H,2-7,11,13H2,1H3/b9-8-. The first-order valence-electron chi connectivity index (χ1n) is 7.02. The number of unbranched alkanes of at least 4 members (excludes halogenated alkanes) is 2. The molecule has 1 heteroatoms. The van der Waals surface area contributed by atoms with Gasteiger partial charge in [-0.2, -0.15) is 5.26 Å². The Kier molecular flexibility index (Phi) is 6.68. The van der Waals surface area contributed by atoms with Gasteiger partial charge in [-0.05, 0) is 42.9 Å². The van der Waals surface area contributed by atoms with Crippen molar-refractivity contribution in [3.8, 4) is 6.07 Å². The lowest BCUT2D eigenvalue weighted by molar-refractivity contribution is 0.691. The topological polar surface area (TPSA) is 23.8 Å². The first-order chi connectivity index (χ1) is 9.17. The van der Waals surface area contributed by atoms with Crippen LogP contribution in [0, 0.1) is 11.3 Å². The third-order valence-corrected chi connectivity index (χ3v) is 3.38. The average molecular weight is 253 g/mol. The summed E-state index contributed by atoms with van der Waals surface area (Å²) < 4.78 is 0. The number of hydrogen-bond donors (Lipinski definition) is 0. The molecule has 19 heavy (non-hydrogen) atoms. The van der Waals surface area contributed by atoms with Gasteiger partial charge in [0.05, 0.1) is 6.07 Å². The molecular weight excluding hydrogens is 230 g/mol. The minimum atomic E-state index is 0.466. The molecular formula is C18H23N. The van der Waals surface area contributed by atoms with Gasteiger partial charge in [-0.15, -0.1) is 0 Å². The van der Waals surface area contributed by atoms with Crippen LogP contribution in [-0.4, -0.2) is 0 Å². The van der Waals surface area contributed by atoms with Gasteiger partial charge in [0, 0.05) is 5.57 Å². The van der Waals surface area contributed by atoms with Crippen LogP contribution in [-0.2, 0) is 0 Å². The Balaban J connectivity index is 2.53. The Hall–Kier alpha value is -1.81. The molecule has 100 valence electrons. The lowest BCUT2D eigenvalue weighted by Gasteiger charge is -2.15. The molecule has 0 spiro atoms. The minimum absolute atomic E-state index is 0.466. The highest BCUT2D eigenvalue weighted by atomic mass is 14.2. The lowest BCUT2D eigenvalue weighted by atomic mass is 9.91. The van der Waals surface area contributed by atoms with Crippen molar-refractivity contribution in [2.75, 3.05) is 0 Å². The Labute approximate surface area is 117 Å². The van der Waals surface area contributed by atoms with Crippen LogP contribution < -0.4 is 0 Å². The second kappa shape index (κ2) is 8.32. The number of rotatable bonds is 7. The fourth-order valence-electron chi connectivity index (χ4n) is 2.10. The summed E-state index contributed by atoms with van der Waals surface area (Å²) in [5.74, 6) is 0. The summed E-state index contributed by atoms with van der Waals surface area (Å²) in [6.45, 7) is 9.91. The van der Waals surface area contributed by atoms with E-state index in [1.54, 1.807) is 11.6 Å². The molecule has 1 aliphatic carbocycles. The van der Waals surface area contributed by atoms with E-state index in [4.69, 9.17) is 5.26 Å². The SMILES string of the molecule is C=C(C#N)/C=C\C(=C)C1=CC=C(CCCCC)CC1. The van der Waals surface area contributed by atoms with Crippen LogP contribution in [0.1, 0.15) is 45.4 Å². The smallest absolute Gasteiger partial charge is 0.0985 e. The molecule has 0 bridgehead atoms. The fourth-order valence-corrected chi connectivity index (χ4v) is 2.10. The van der Waals surface area contributed by atoms with Crippen LogP contribution in [0.4, 0.5) is 0 Å². The normalized spacial score (nSPS) is 14.7. The van der Waals surface area contributed by atoms with Crippen molar-refractivity contribution in [3.63, 3.8) is 0 Å². The van der Waals surface area contributed by atoms with Gasteiger partial charge in [0.2, 0.25) is 0 Å². The zero-order valence-electron chi connectivity index (χ0n) is 11.9. The van der Waals surface area contributed by atoms with Gasteiger partial charge in [0.15, 0.2) is 0 Å². The van der Waals surface area contributed by atoms with Crippen LogP contribution in [0.3, 0.4) is 0 Å². The van der Waals surface area contributed by atoms with Crippen LogP contribution in [0.5, 0.6) is 0 Å². The molecule has 0 fully saturated rings. The molecule has 1 aliphatic rings. The van der Waals surface area contributed by atoms with Crippen LogP contribution in [0.2, 0.25) is 0 Å². The predicted octanol–water partition coefficient (Wildman–Crippen LogP) is 5.41. The monoisotopic (exact) mass is 253 g/mol. The average Bonchev–Trinajstić information content (AvgIpc) is 2.45. The molecule has 1 rings (SSSR count). The van der Waals surface area contributed by atoms with Gasteiger partial charge < -0.3 is 0 Å².